The second kappa shape index (κ2) is 22.4. The first-order valence-electron chi connectivity index (χ1n) is 32.4. The smallest absolute Gasteiger partial charge is 0.260 e. The van der Waals surface area contributed by atoms with Gasteiger partial charge in [0.2, 0.25) is 0 Å². The number of benzene rings is 11. The third-order valence-corrected chi connectivity index (χ3v) is 23.9. The second-order valence-electron chi connectivity index (χ2n) is 30.6. The summed E-state index contributed by atoms with van der Waals surface area (Å²) >= 11 is 0. The molecule has 0 fully saturated rings. The van der Waals surface area contributed by atoms with Crippen LogP contribution < -0.4 is 46.6 Å². The molecular weight excluding hydrogens is 1100 g/mol. The molecule has 0 amide bonds. The highest BCUT2D eigenvalue weighted by Crippen LogP contribution is 2.51. The minimum absolute atomic E-state index is 0.0551. The zero-order chi connectivity index (χ0) is 63.3. The molecule has 0 aromatic heterocycles. The van der Waals surface area contributed by atoms with E-state index in [1.54, 1.807) is 0 Å². The lowest BCUT2D eigenvalue weighted by atomic mass is 9.34. The van der Waals surface area contributed by atoms with Crippen molar-refractivity contribution >= 4 is 51.9 Å². The van der Waals surface area contributed by atoms with Crippen LogP contribution in [0, 0.1) is 0 Å². The Hall–Kier alpha value is -8.70. The lowest BCUT2D eigenvalue weighted by molar-refractivity contribution is 0.467. The lowest BCUT2D eigenvalue weighted by Crippen LogP contribution is -2.74. The first-order chi connectivity index (χ1) is 42.8. The highest BCUT2D eigenvalue weighted by molar-refractivity contribution is 7.20. The molecule has 0 spiro atoms. The predicted molar refractivity (Wildman–Crippen MR) is 388 cm³/mol. The van der Waals surface area contributed by atoms with Crippen LogP contribution in [0.3, 0.4) is 0 Å². The fraction of sp³-hybridized carbons (Fsp3) is 0.233. The van der Waals surface area contributed by atoms with Gasteiger partial charge in [-0.3, -0.25) is 0 Å². The Morgan fingerprint density at radius 3 is 1.09 bits per heavy atom. The summed E-state index contributed by atoms with van der Waals surface area (Å²) in [5.74, 6) is 3.36. The van der Waals surface area contributed by atoms with Crippen LogP contribution in [0.4, 0.5) is 0 Å². The molecule has 2 heterocycles. The van der Waals surface area contributed by atoms with E-state index in [1.807, 2.05) is 0 Å². The van der Waals surface area contributed by atoms with E-state index in [0.717, 1.165) is 83.9 Å². The van der Waals surface area contributed by atoms with Gasteiger partial charge in [-0.15, -0.1) is 0 Å². The summed E-state index contributed by atoms with van der Waals surface area (Å²) in [6.07, 6.45) is 0. The number of hydrogen-bond acceptors (Lipinski definition) is 2. The van der Waals surface area contributed by atoms with E-state index in [9.17, 15) is 0 Å². The van der Waals surface area contributed by atoms with Gasteiger partial charge in [0.25, 0.3) is 6.71 Å². The molecule has 0 saturated heterocycles. The predicted octanol–water partition coefficient (Wildman–Crippen LogP) is 18.6. The van der Waals surface area contributed by atoms with Crippen LogP contribution in [0.5, 0.6) is 23.0 Å². The molecule has 90 heavy (non-hydrogen) atoms. The Balaban J connectivity index is 1.14. The van der Waals surface area contributed by atoms with Crippen LogP contribution in [-0.4, -0.2) is 14.8 Å². The first kappa shape index (κ1) is 60.2. The molecule has 2 aliphatic rings. The number of hydrogen-bond donors (Lipinski definition) is 0. The topological polar surface area (TPSA) is 18.5 Å². The number of fused-ring (bicyclic) bond motifs is 4. The second-order valence-corrected chi connectivity index (χ2v) is 34.4. The van der Waals surface area contributed by atoms with Gasteiger partial charge in [-0.05, 0) is 149 Å². The standard InChI is InChI=1S/C86H85BO2Si/c1-82(2,3)62-46-60(47-63(53-62)83(4,5)6)57-42-44-74-76(51-57)88-80-71(59-32-28-39-69(50-59)90(66-33-22-17-23-34-66,67-35-24-18-25-36-67)68-37-26-19-27-38-68)55-72(78-70(56-30-20-16-21-31-56)40-29-41-73(78)86(13,14)15)81-79(80)87(74)75-45-43-58(52-77(75)89-81)61-48-64(84(7,8)9)54-65(49-61)85(10,11)12/h16-55H,1-15H3. The molecule has 0 aliphatic carbocycles. The maximum atomic E-state index is 7.89. The van der Waals surface area contributed by atoms with E-state index in [4.69, 9.17) is 9.47 Å². The van der Waals surface area contributed by atoms with Crippen LogP contribution in [0.2, 0.25) is 0 Å². The fourth-order valence-electron chi connectivity index (χ4n) is 14.0. The highest BCUT2D eigenvalue weighted by Gasteiger charge is 2.46. The van der Waals surface area contributed by atoms with E-state index >= 15 is 0 Å². The Kier molecular flexibility index (Phi) is 15.0. The molecule has 448 valence electrons. The average molecular weight is 1190 g/mol. The summed E-state index contributed by atoms with van der Waals surface area (Å²) < 4.78 is 15.8. The Labute approximate surface area is 538 Å². The molecule has 0 atom stereocenters. The van der Waals surface area contributed by atoms with Crippen molar-refractivity contribution in [2.75, 3.05) is 0 Å². The summed E-state index contributed by atoms with van der Waals surface area (Å²) in [7, 11) is -3.00. The molecule has 0 radical (unpaired) electrons. The minimum Gasteiger partial charge on any atom is -0.458 e. The molecular formula is C86H85BO2Si. The van der Waals surface area contributed by atoms with Gasteiger partial charge in [-0.25, -0.2) is 0 Å². The largest absolute Gasteiger partial charge is 0.458 e. The number of rotatable bonds is 9. The van der Waals surface area contributed by atoms with Crippen LogP contribution in [0.25, 0.3) is 55.6 Å². The average Bonchev–Trinajstić information content (AvgIpc) is 0.711. The Morgan fingerprint density at radius 1 is 0.278 bits per heavy atom. The van der Waals surface area contributed by atoms with Gasteiger partial charge in [0.15, 0.2) is 8.07 Å². The number of ether oxygens (including phenoxy) is 2. The fourth-order valence-corrected chi connectivity index (χ4v) is 18.8. The zero-order valence-corrected chi connectivity index (χ0v) is 56.5. The van der Waals surface area contributed by atoms with Crippen LogP contribution in [0.15, 0.2) is 243 Å². The minimum atomic E-state index is -3.00. The summed E-state index contributed by atoms with van der Waals surface area (Å²) in [6, 6.07) is 92.0. The normalized spacial score (nSPS) is 13.2. The van der Waals surface area contributed by atoms with Crippen molar-refractivity contribution in [3.63, 3.8) is 0 Å². The lowest BCUT2D eigenvalue weighted by Gasteiger charge is -2.37. The van der Waals surface area contributed by atoms with Gasteiger partial charge in [0.1, 0.15) is 23.0 Å². The van der Waals surface area contributed by atoms with Crippen molar-refractivity contribution in [3.8, 4) is 78.6 Å². The van der Waals surface area contributed by atoms with Crippen molar-refractivity contribution in [3.05, 3.63) is 270 Å². The molecule has 2 nitrogen and oxygen atoms in total. The Morgan fingerprint density at radius 2 is 0.667 bits per heavy atom. The molecule has 0 saturated carbocycles. The summed E-state index contributed by atoms with van der Waals surface area (Å²) in [4.78, 5) is 0. The zero-order valence-electron chi connectivity index (χ0n) is 55.5. The first-order valence-corrected chi connectivity index (χ1v) is 34.4. The SMILES string of the molecule is CC(C)(C)c1cc(-c2ccc3c(c2)Oc2c(-c4cccc([Si](c5ccccc5)(c5ccccc5)c5ccccc5)c4)cc(-c4c(-c5ccccc5)cccc4C(C)(C)C)c4c2B3c2ccc(-c3cc(C(C)(C)C)cc(C(C)(C)C)c3)cc2O4)cc(C(C)(C)C)c1. The van der Waals surface area contributed by atoms with Gasteiger partial charge in [-0.2, -0.15) is 0 Å². The third-order valence-electron chi connectivity index (χ3n) is 19.1. The third kappa shape index (κ3) is 10.9. The van der Waals surface area contributed by atoms with Gasteiger partial charge >= 0.3 is 0 Å². The van der Waals surface area contributed by atoms with Crippen LogP contribution in [0.1, 0.15) is 132 Å². The molecule has 0 unspecified atom stereocenters. The Bertz CT molecular complexity index is 4350. The molecule has 11 aromatic carbocycles. The van der Waals surface area contributed by atoms with Crippen molar-refractivity contribution in [2.24, 2.45) is 0 Å². The van der Waals surface area contributed by atoms with E-state index in [2.05, 4.69) is 347 Å². The molecule has 0 N–H and O–H groups in total. The van der Waals surface area contributed by atoms with Gasteiger partial charge in [0.05, 0.1) is 0 Å². The van der Waals surface area contributed by atoms with Crippen molar-refractivity contribution in [2.45, 2.75) is 131 Å². The van der Waals surface area contributed by atoms with Gasteiger partial charge < -0.3 is 9.47 Å². The van der Waals surface area contributed by atoms with Crippen molar-refractivity contribution in [1.82, 2.24) is 0 Å². The maximum Gasteiger partial charge on any atom is 0.260 e. The molecule has 0 bridgehead atoms. The molecule has 13 rings (SSSR count). The summed E-state index contributed by atoms with van der Waals surface area (Å²) in [5, 5.41) is 5.26. The quantitative estimate of drug-likeness (QED) is 0.106. The van der Waals surface area contributed by atoms with Crippen molar-refractivity contribution in [1.29, 1.82) is 0 Å². The van der Waals surface area contributed by atoms with Crippen LogP contribution in [-0.2, 0) is 27.1 Å². The van der Waals surface area contributed by atoms with E-state index in [0.29, 0.717) is 0 Å². The van der Waals surface area contributed by atoms with Gasteiger partial charge in [-0.1, -0.05) is 328 Å². The summed E-state index contributed by atoms with van der Waals surface area (Å²) in [6.45, 7) is 34.6. The van der Waals surface area contributed by atoms with E-state index in [1.165, 1.54) is 59.7 Å². The molecule has 11 aromatic rings. The molecule has 2 aliphatic heterocycles. The van der Waals surface area contributed by atoms with Crippen LogP contribution >= 0.6 is 0 Å². The maximum absolute atomic E-state index is 7.89. The van der Waals surface area contributed by atoms with E-state index in [-0.39, 0.29) is 33.8 Å². The molecule has 4 heteroatoms. The highest BCUT2D eigenvalue weighted by atomic mass is 28.3. The summed E-state index contributed by atoms with van der Waals surface area (Å²) in [5.41, 5.74) is 20.6. The van der Waals surface area contributed by atoms with Gasteiger partial charge in [0, 0.05) is 16.6 Å². The van der Waals surface area contributed by atoms with E-state index < -0.39 is 8.07 Å². The monoisotopic (exact) mass is 1190 g/mol. The van der Waals surface area contributed by atoms with Crippen molar-refractivity contribution < 1.29 is 9.47 Å².